The van der Waals surface area contributed by atoms with Crippen LogP contribution in [0, 0.1) is 11.3 Å². The van der Waals surface area contributed by atoms with E-state index in [1.165, 1.54) is 31.1 Å². The lowest BCUT2D eigenvalue weighted by Gasteiger charge is -2.41. The summed E-state index contributed by atoms with van der Waals surface area (Å²) in [6.07, 6.45) is -4.75. The van der Waals surface area contributed by atoms with Crippen molar-refractivity contribution in [3.05, 3.63) is 29.3 Å². The lowest BCUT2D eigenvalue weighted by molar-refractivity contribution is -0.137. The number of hydrogen-bond donors (Lipinski definition) is 1. The lowest BCUT2D eigenvalue weighted by Crippen LogP contribution is -2.60. The zero-order valence-corrected chi connectivity index (χ0v) is 15.4. The van der Waals surface area contributed by atoms with E-state index in [1.807, 2.05) is 0 Å². The third-order valence-corrected chi connectivity index (χ3v) is 6.13. The molecule has 27 heavy (non-hydrogen) atoms. The molecule has 8 nitrogen and oxygen atoms in total. The van der Waals surface area contributed by atoms with Gasteiger partial charge in [0.1, 0.15) is 6.04 Å². The summed E-state index contributed by atoms with van der Waals surface area (Å²) < 4.78 is 66.1. The van der Waals surface area contributed by atoms with Crippen LogP contribution < -0.4 is 10.6 Å². The van der Waals surface area contributed by atoms with Gasteiger partial charge in [-0.05, 0) is 18.2 Å². The molecule has 1 unspecified atom stereocenters. The molecule has 148 valence electrons. The van der Waals surface area contributed by atoms with Gasteiger partial charge in [-0.15, -0.1) is 0 Å². The lowest BCUT2D eigenvalue weighted by atomic mass is 10.0. The average molecular weight is 405 g/mol. The summed E-state index contributed by atoms with van der Waals surface area (Å²) in [6, 6.07) is 3.39. The van der Waals surface area contributed by atoms with Gasteiger partial charge in [-0.3, -0.25) is 4.79 Å². The molecule has 1 amide bonds. The van der Waals surface area contributed by atoms with Gasteiger partial charge in [-0.25, -0.2) is 0 Å². The van der Waals surface area contributed by atoms with Crippen LogP contribution >= 0.6 is 0 Å². The molecule has 1 heterocycles. The molecule has 1 aromatic carbocycles. The molecule has 0 radical (unpaired) electrons. The van der Waals surface area contributed by atoms with E-state index in [0.29, 0.717) is 0 Å². The summed E-state index contributed by atoms with van der Waals surface area (Å²) in [4.78, 5) is 13.2. The Balaban J connectivity index is 2.42. The number of piperazine rings is 1. The molecule has 2 rings (SSSR count). The minimum atomic E-state index is -4.75. The van der Waals surface area contributed by atoms with Crippen molar-refractivity contribution in [1.82, 2.24) is 8.61 Å². The Bertz CT molecular complexity index is 880. The van der Waals surface area contributed by atoms with Crippen molar-refractivity contribution >= 4 is 21.8 Å². The third-order valence-electron chi connectivity index (χ3n) is 4.22. The van der Waals surface area contributed by atoms with Gasteiger partial charge in [0.05, 0.1) is 17.2 Å². The average Bonchev–Trinajstić information content (AvgIpc) is 2.59. The predicted octanol–water partition coefficient (Wildman–Crippen LogP) is 0.359. The third kappa shape index (κ3) is 4.15. The van der Waals surface area contributed by atoms with E-state index in [2.05, 4.69) is 0 Å². The number of benzene rings is 1. The number of nitrogens with two attached hydrogens (primary N) is 1. The largest absolute Gasteiger partial charge is 0.417 e. The van der Waals surface area contributed by atoms with E-state index in [-0.39, 0.29) is 25.3 Å². The maximum absolute atomic E-state index is 13.2. The Morgan fingerprint density at radius 3 is 2.44 bits per heavy atom. The second-order valence-electron chi connectivity index (χ2n) is 6.10. The van der Waals surface area contributed by atoms with Crippen molar-refractivity contribution in [2.75, 3.05) is 38.6 Å². The van der Waals surface area contributed by atoms with Gasteiger partial charge in [-0.2, -0.15) is 35.5 Å². The number of alkyl halides is 3. The molecule has 12 heteroatoms. The first kappa shape index (κ1) is 20.9. The Kier molecular flexibility index (Phi) is 5.69. The van der Waals surface area contributed by atoms with Gasteiger partial charge >= 0.3 is 6.18 Å². The highest BCUT2D eigenvalue weighted by Crippen LogP contribution is 2.35. The number of carbonyl (C=O) groups excluding carboxylic acids is 1. The van der Waals surface area contributed by atoms with E-state index >= 15 is 0 Å². The smallest absolute Gasteiger partial charge is 0.368 e. The van der Waals surface area contributed by atoms with E-state index in [4.69, 9.17) is 11.0 Å². The summed E-state index contributed by atoms with van der Waals surface area (Å²) in [5.41, 5.74) is 3.72. The fraction of sp³-hybridized carbons (Fsp3) is 0.467. The van der Waals surface area contributed by atoms with E-state index in [0.717, 1.165) is 20.7 Å². The second kappa shape index (κ2) is 7.34. The number of halogens is 3. The van der Waals surface area contributed by atoms with E-state index < -0.39 is 39.5 Å². The van der Waals surface area contributed by atoms with Crippen molar-refractivity contribution in [1.29, 1.82) is 5.26 Å². The molecular weight excluding hydrogens is 387 g/mol. The van der Waals surface area contributed by atoms with Crippen LogP contribution in [0.2, 0.25) is 0 Å². The number of anilines is 1. The number of carbonyl (C=O) groups is 1. The van der Waals surface area contributed by atoms with Gasteiger partial charge in [0, 0.05) is 39.4 Å². The van der Waals surface area contributed by atoms with Gasteiger partial charge < -0.3 is 10.6 Å². The van der Waals surface area contributed by atoms with Crippen LogP contribution in [0.4, 0.5) is 18.9 Å². The summed E-state index contributed by atoms with van der Waals surface area (Å²) >= 11 is 0. The summed E-state index contributed by atoms with van der Waals surface area (Å²) in [7, 11) is -1.14. The summed E-state index contributed by atoms with van der Waals surface area (Å²) in [5.74, 6) is -0.869. The monoisotopic (exact) mass is 405 g/mol. The molecule has 1 saturated heterocycles. The number of rotatable bonds is 4. The first-order chi connectivity index (χ1) is 12.4. The second-order valence-corrected chi connectivity index (χ2v) is 8.24. The molecule has 1 atom stereocenters. The SMILES string of the molecule is CN(C)S(=O)(=O)N1CCN(c2ccc(C#N)c(C(F)(F)F)c2)C(C(N)=O)C1. The van der Waals surface area contributed by atoms with Crippen LogP contribution in [0.25, 0.3) is 0 Å². The van der Waals surface area contributed by atoms with Gasteiger partial charge in [-0.1, -0.05) is 0 Å². The number of primary amides is 1. The molecule has 1 aliphatic heterocycles. The minimum absolute atomic E-state index is 0.0343. The Hall–Kier alpha value is -2.36. The van der Waals surface area contributed by atoms with E-state index in [1.54, 1.807) is 0 Å². The fourth-order valence-electron chi connectivity index (χ4n) is 2.79. The highest BCUT2D eigenvalue weighted by Gasteiger charge is 2.39. The van der Waals surface area contributed by atoms with Crippen LogP contribution in [-0.4, -0.2) is 62.7 Å². The van der Waals surface area contributed by atoms with Crippen molar-refractivity contribution < 1.29 is 26.4 Å². The molecule has 2 N–H and O–H groups in total. The van der Waals surface area contributed by atoms with Crippen LogP contribution in [0.1, 0.15) is 11.1 Å². The maximum atomic E-state index is 13.2. The zero-order valence-electron chi connectivity index (χ0n) is 14.6. The van der Waals surface area contributed by atoms with Gasteiger partial charge in [0.2, 0.25) is 5.91 Å². The standard InChI is InChI=1S/C15H18F3N5O3S/c1-21(2)27(25,26)22-5-6-23(13(9-22)14(20)24)11-4-3-10(8-19)12(7-11)15(16,17)18/h3-4,7,13H,5-6,9H2,1-2H3,(H2,20,24). The van der Waals surface area contributed by atoms with Crippen LogP contribution in [0.15, 0.2) is 18.2 Å². The van der Waals surface area contributed by atoms with Crippen molar-refractivity contribution in [3.63, 3.8) is 0 Å². The van der Waals surface area contributed by atoms with Gasteiger partial charge in [0.15, 0.2) is 0 Å². The summed E-state index contributed by atoms with van der Waals surface area (Å²) in [6.45, 7) is -0.368. The number of nitrogens with zero attached hydrogens (tertiary/aromatic N) is 4. The molecule has 1 aromatic rings. The summed E-state index contributed by atoms with van der Waals surface area (Å²) in [5, 5.41) is 8.88. The molecule has 0 spiro atoms. The number of nitriles is 1. The zero-order chi connectivity index (χ0) is 20.6. The first-order valence-corrected chi connectivity index (χ1v) is 9.14. The number of hydrogen-bond acceptors (Lipinski definition) is 5. The van der Waals surface area contributed by atoms with Gasteiger partial charge in [0.25, 0.3) is 10.2 Å². The highest BCUT2D eigenvalue weighted by atomic mass is 32.2. The molecule has 0 aromatic heterocycles. The molecule has 0 saturated carbocycles. The van der Waals surface area contributed by atoms with Crippen LogP contribution in [0.5, 0.6) is 0 Å². The molecule has 1 fully saturated rings. The fourth-order valence-corrected chi connectivity index (χ4v) is 3.90. The molecule has 1 aliphatic rings. The molecule has 0 aliphatic carbocycles. The quantitative estimate of drug-likeness (QED) is 0.778. The minimum Gasteiger partial charge on any atom is -0.368 e. The molecule has 0 bridgehead atoms. The van der Waals surface area contributed by atoms with Crippen LogP contribution in [0.3, 0.4) is 0 Å². The Morgan fingerprint density at radius 2 is 1.96 bits per heavy atom. The number of amides is 1. The van der Waals surface area contributed by atoms with Crippen molar-refractivity contribution in [2.45, 2.75) is 12.2 Å². The predicted molar refractivity (Wildman–Crippen MR) is 90.7 cm³/mol. The first-order valence-electron chi connectivity index (χ1n) is 7.74. The topological polar surface area (TPSA) is 111 Å². The van der Waals surface area contributed by atoms with Crippen molar-refractivity contribution in [2.24, 2.45) is 5.73 Å². The molecular formula is C15H18F3N5O3S. The Morgan fingerprint density at radius 1 is 1.33 bits per heavy atom. The highest BCUT2D eigenvalue weighted by molar-refractivity contribution is 7.86. The van der Waals surface area contributed by atoms with Crippen LogP contribution in [-0.2, 0) is 21.2 Å². The van der Waals surface area contributed by atoms with Crippen molar-refractivity contribution in [3.8, 4) is 6.07 Å². The Labute approximate surface area is 154 Å². The van der Waals surface area contributed by atoms with E-state index in [9.17, 15) is 26.4 Å². The maximum Gasteiger partial charge on any atom is 0.417 e. The normalized spacial score (nSPS) is 19.1.